The quantitative estimate of drug-likeness (QED) is 0.835. The Hall–Kier alpha value is -1.91. The standard InChI is InChI=1S/C14H15F3N4O2S/c1-20-4-3-19-14(20)12-8-18-2-5-21(12)24(22,23)13-7-10(16)9(15)6-11(13)17/h3-4,6-7,12,18H,2,5,8H2,1H3. The first-order valence-corrected chi connectivity index (χ1v) is 8.60. The van der Waals surface area contributed by atoms with E-state index in [9.17, 15) is 21.6 Å². The number of halogens is 3. The lowest BCUT2D eigenvalue weighted by molar-refractivity contribution is 0.257. The zero-order valence-corrected chi connectivity index (χ0v) is 13.5. The van der Waals surface area contributed by atoms with Gasteiger partial charge in [0.25, 0.3) is 0 Å². The first-order chi connectivity index (χ1) is 11.3. The normalized spacial score (nSPS) is 19.6. The minimum Gasteiger partial charge on any atom is -0.337 e. The van der Waals surface area contributed by atoms with E-state index < -0.39 is 38.4 Å². The van der Waals surface area contributed by atoms with Crippen LogP contribution in [0.3, 0.4) is 0 Å². The van der Waals surface area contributed by atoms with Gasteiger partial charge in [-0.15, -0.1) is 0 Å². The number of rotatable bonds is 3. The molecule has 1 aliphatic rings. The van der Waals surface area contributed by atoms with Gasteiger partial charge < -0.3 is 9.88 Å². The number of hydrogen-bond acceptors (Lipinski definition) is 4. The van der Waals surface area contributed by atoms with E-state index >= 15 is 0 Å². The van der Waals surface area contributed by atoms with E-state index in [1.807, 2.05) is 0 Å². The summed E-state index contributed by atoms with van der Waals surface area (Å²) in [7, 11) is -2.66. The van der Waals surface area contributed by atoms with Crippen LogP contribution in [0.2, 0.25) is 0 Å². The summed E-state index contributed by atoms with van der Waals surface area (Å²) in [6.07, 6.45) is 3.18. The molecule has 0 amide bonds. The topological polar surface area (TPSA) is 67.2 Å². The molecular formula is C14H15F3N4O2S. The number of imidazole rings is 1. The zero-order chi connectivity index (χ0) is 17.5. The third-order valence-electron chi connectivity index (χ3n) is 3.91. The van der Waals surface area contributed by atoms with E-state index in [4.69, 9.17) is 0 Å². The van der Waals surface area contributed by atoms with E-state index in [0.29, 0.717) is 18.4 Å². The second kappa shape index (κ2) is 6.19. The maximum absolute atomic E-state index is 14.0. The van der Waals surface area contributed by atoms with Gasteiger partial charge in [-0.25, -0.2) is 26.6 Å². The molecule has 0 aliphatic carbocycles. The maximum atomic E-state index is 14.0. The molecule has 0 radical (unpaired) electrons. The summed E-state index contributed by atoms with van der Waals surface area (Å²) < 4.78 is 68.9. The molecule has 1 saturated heterocycles. The summed E-state index contributed by atoms with van der Waals surface area (Å²) in [5.41, 5.74) is 0. The van der Waals surface area contributed by atoms with Gasteiger partial charge in [0, 0.05) is 45.1 Å². The Morgan fingerprint density at radius 3 is 2.58 bits per heavy atom. The molecular weight excluding hydrogens is 345 g/mol. The van der Waals surface area contributed by atoms with Crippen molar-refractivity contribution in [2.75, 3.05) is 19.6 Å². The van der Waals surface area contributed by atoms with Gasteiger partial charge in [0.2, 0.25) is 10.0 Å². The van der Waals surface area contributed by atoms with Crippen LogP contribution in [-0.4, -0.2) is 41.9 Å². The fraction of sp³-hybridized carbons (Fsp3) is 0.357. The van der Waals surface area contributed by atoms with Crippen LogP contribution in [0.4, 0.5) is 13.2 Å². The van der Waals surface area contributed by atoms with E-state index in [1.54, 1.807) is 17.8 Å². The van der Waals surface area contributed by atoms with Crippen LogP contribution in [0.5, 0.6) is 0 Å². The molecule has 2 heterocycles. The number of aromatic nitrogens is 2. The average molecular weight is 360 g/mol. The SMILES string of the molecule is Cn1ccnc1C1CNCCN1S(=O)(=O)c1cc(F)c(F)cc1F. The first-order valence-electron chi connectivity index (χ1n) is 7.16. The van der Waals surface area contributed by atoms with Gasteiger partial charge in [0.05, 0.1) is 6.04 Å². The van der Waals surface area contributed by atoms with Crippen LogP contribution in [0.1, 0.15) is 11.9 Å². The Bertz CT molecular complexity index is 869. The lowest BCUT2D eigenvalue weighted by Gasteiger charge is -2.34. The highest BCUT2D eigenvalue weighted by atomic mass is 32.2. The Labute approximate surface area is 137 Å². The van der Waals surface area contributed by atoms with E-state index in [2.05, 4.69) is 10.3 Å². The third-order valence-corrected chi connectivity index (χ3v) is 5.84. The van der Waals surface area contributed by atoms with Crippen molar-refractivity contribution in [3.63, 3.8) is 0 Å². The summed E-state index contributed by atoms with van der Waals surface area (Å²) in [5, 5.41) is 3.05. The molecule has 130 valence electrons. The molecule has 0 spiro atoms. The van der Waals surface area contributed by atoms with Crippen molar-refractivity contribution in [2.24, 2.45) is 7.05 Å². The van der Waals surface area contributed by atoms with Crippen molar-refractivity contribution >= 4 is 10.0 Å². The van der Waals surface area contributed by atoms with Crippen LogP contribution < -0.4 is 5.32 Å². The molecule has 6 nitrogen and oxygen atoms in total. The molecule has 1 aromatic carbocycles. The molecule has 1 aromatic heterocycles. The first kappa shape index (κ1) is 16.9. The van der Waals surface area contributed by atoms with Crippen LogP contribution >= 0.6 is 0 Å². The van der Waals surface area contributed by atoms with Crippen LogP contribution in [0.15, 0.2) is 29.4 Å². The fourth-order valence-corrected chi connectivity index (χ4v) is 4.37. The number of sulfonamides is 1. The molecule has 1 atom stereocenters. The van der Waals surface area contributed by atoms with Gasteiger partial charge >= 0.3 is 0 Å². The summed E-state index contributed by atoms with van der Waals surface area (Å²) in [5.74, 6) is -3.72. The molecule has 0 bridgehead atoms. The van der Waals surface area contributed by atoms with Gasteiger partial charge in [0.15, 0.2) is 11.6 Å². The van der Waals surface area contributed by atoms with Gasteiger partial charge in [-0.1, -0.05) is 0 Å². The number of nitrogens with zero attached hydrogens (tertiary/aromatic N) is 3. The predicted octanol–water partition coefficient (Wildman–Crippen LogP) is 1.17. The van der Waals surface area contributed by atoms with Crippen molar-refractivity contribution in [2.45, 2.75) is 10.9 Å². The van der Waals surface area contributed by atoms with E-state index in [-0.39, 0.29) is 19.2 Å². The second-order valence-corrected chi connectivity index (χ2v) is 7.29. The molecule has 1 aliphatic heterocycles. The summed E-state index contributed by atoms with van der Waals surface area (Å²) in [4.78, 5) is 3.25. The monoisotopic (exact) mass is 360 g/mol. The van der Waals surface area contributed by atoms with Gasteiger partial charge in [0.1, 0.15) is 16.5 Å². The number of nitrogens with one attached hydrogen (secondary N) is 1. The van der Waals surface area contributed by atoms with Crippen molar-refractivity contribution in [1.82, 2.24) is 19.2 Å². The minimum absolute atomic E-state index is 0.0539. The lowest BCUT2D eigenvalue weighted by Crippen LogP contribution is -2.49. The number of piperazine rings is 1. The number of aryl methyl sites for hydroxylation is 1. The van der Waals surface area contributed by atoms with Gasteiger partial charge in [-0.2, -0.15) is 4.31 Å². The predicted molar refractivity (Wildman–Crippen MR) is 79.0 cm³/mol. The Balaban J connectivity index is 2.07. The largest absolute Gasteiger partial charge is 0.337 e. The summed E-state index contributed by atoms with van der Waals surface area (Å²) in [6, 6.07) is -0.0752. The van der Waals surface area contributed by atoms with Gasteiger partial charge in [-0.3, -0.25) is 0 Å². The van der Waals surface area contributed by atoms with Crippen molar-refractivity contribution in [3.8, 4) is 0 Å². The molecule has 24 heavy (non-hydrogen) atoms. The zero-order valence-electron chi connectivity index (χ0n) is 12.7. The second-order valence-electron chi connectivity index (χ2n) is 5.43. The molecule has 3 rings (SSSR count). The molecule has 1 N–H and O–H groups in total. The van der Waals surface area contributed by atoms with Crippen molar-refractivity contribution in [3.05, 3.63) is 47.8 Å². The van der Waals surface area contributed by atoms with Crippen molar-refractivity contribution < 1.29 is 21.6 Å². The van der Waals surface area contributed by atoms with Crippen LogP contribution in [-0.2, 0) is 17.1 Å². The molecule has 1 unspecified atom stereocenters. The molecule has 1 fully saturated rings. The Morgan fingerprint density at radius 1 is 1.21 bits per heavy atom. The molecule has 10 heteroatoms. The number of benzene rings is 1. The lowest BCUT2D eigenvalue weighted by atomic mass is 10.2. The van der Waals surface area contributed by atoms with Gasteiger partial charge in [-0.05, 0) is 6.07 Å². The Kier molecular flexibility index (Phi) is 4.37. The third kappa shape index (κ3) is 2.80. The van der Waals surface area contributed by atoms with Crippen molar-refractivity contribution in [1.29, 1.82) is 0 Å². The molecule has 2 aromatic rings. The fourth-order valence-electron chi connectivity index (χ4n) is 2.72. The highest BCUT2D eigenvalue weighted by Crippen LogP contribution is 2.30. The van der Waals surface area contributed by atoms with E-state index in [1.165, 1.54) is 6.20 Å². The summed E-state index contributed by atoms with van der Waals surface area (Å²) in [6.45, 7) is 0.680. The molecule has 0 saturated carbocycles. The van der Waals surface area contributed by atoms with Crippen LogP contribution in [0.25, 0.3) is 0 Å². The van der Waals surface area contributed by atoms with E-state index in [0.717, 1.165) is 4.31 Å². The Morgan fingerprint density at radius 2 is 1.92 bits per heavy atom. The average Bonchev–Trinajstić information content (AvgIpc) is 2.96. The number of hydrogen-bond donors (Lipinski definition) is 1. The smallest absolute Gasteiger partial charge is 0.246 e. The minimum atomic E-state index is -4.37. The highest BCUT2D eigenvalue weighted by molar-refractivity contribution is 7.89. The summed E-state index contributed by atoms with van der Waals surface area (Å²) >= 11 is 0. The van der Waals surface area contributed by atoms with Crippen LogP contribution in [0, 0.1) is 17.5 Å². The maximum Gasteiger partial charge on any atom is 0.246 e. The highest BCUT2D eigenvalue weighted by Gasteiger charge is 2.38.